The van der Waals surface area contributed by atoms with Gasteiger partial charge in [-0.2, -0.15) is 13.4 Å². The lowest BCUT2D eigenvalue weighted by molar-refractivity contribution is -0.119. The van der Waals surface area contributed by atoms with E-state index >= 15 is 0 Å². The summed E-state index contributed by atoms with van der Waals surface area (Å²) in [5, 5.41) is 2.62. The van der Waals surface area contributed by atoms with Crippen LogP contribution < -0.4 is 20.7 Å². The van der Waals surface area contributed by atoms with Crippen LogP contribution in [0.5, 0.6) is 5.75 Å². The molecule has 0 spiro atoms. The van der Waals surface area contributed by atoms with Gasteiger partial charge in [0.1, 0.15) is 24.4 Å². The highest BCUT2D eigenvalue weighted by Gasteiger charge is 2.18. The van der Waals surface area contributed by atoms with Crippen molar-refractivity contribution >= 4 is 33.1 Å². The second-order valence-corrected chi connectivity index (χ2v) is 10.1. The van der Waals surface area contributed by atoms with Gasteiger partial charge in [0.2, 0.25) is 5.91 Å². The number of hydrogen-bond donors (Lipinski definition) is 3. The van der Waals surface area contributed by atoms with Gasteiger partial charge >= 0.3 is 0 Å². The summed E-state index contributed by atoms with van der Waals surface area (Å²) < 4.78 is 53.6. The SMILES string of the molecule is CNC(=O)CN(Cc1ccccc1)c1nc2ccc(OCC(=CF)CN)cc2o1.Cc1ccc(S(=O)(=O)O)cc1. The van der Waals surface area contributed by atoms with Gasteiger partial charge in [0, 0.05) is 31.8 Å². The van der Waals surface area contributed by atoms with E-state index in [0.29, 0.717) is 41.3 Å². The quantitative estimate of drug-likeness (QED) is 0.241. The highest BCUT2D eigenvalue weighted by Crippen LogP contribution is 2.27. The van der Waals surface area contributed by atoms with Crippen molar-refractivity contribution in [3.8, 4) is 5.75 Å². The first-order chi connectivity index (χ1) is 19.1. The van der Waals surface area contributed by atoms with Gasteiger partial charge in [-0.15, -0.1) is 0 Å². The van der Waals surface area contributed by atoms with Crippen LogP contribution in [0.1, 0.15) is 11.1 Å². The summed E-state index contributed by atoms with van der Waals surface area (Å²) in [5.41, 5.74) is 8.90. The molecule has 1 heterocycles. The second kappa shape index (κ2) is 14.2. The first kappa shape index (κ1) is 30.3. The highest BCUT2D eigenvalue weighted by molar-refractivity contribution is 7.85. The van der Waals surface area contributed by atoms with Crippen molar-refractivity contribution < 1.29 is 31.3 Å². The van der Waals surface area contributed by atoms with E-state index in [1.165, 1.54) is 12.1 Å². The number of hydrogen-bond acceptors (Lipinski definition) is 8. The Bertz CT molecular complexity index is 1540. The van der Waals surface area contributed by atoms with Crippen LogP contribution in [0, 0.1) is 6.92 Å². The third-order valence-corrected chi connectivity index (χ3v) is 6.48. The summed E-state index contributed by atoms with van der Waals surface area (Å²) >= 11 is 0. The maximum Gasteiger partial charge on any atom is 0.299 e. The number of nitrogens with zero attached hydrogens (tertiary/aromatic N) is 2. The van der Waals surface area contributed by atoms with Crippen molar-refractivity contribution in [3.63, 3.8) is 0 Å². The van der Waals surface area contributed by atoms with Crippen molar-refractivity contribution in [3.05, 3.63) is 95.8 Å². The average Bonchev–Trinajstić information content (AvgIpc) is 3.37. The molecule has 4 rings (SSSR count). The Hall–Kier alpha value is -4.26. The third kappa shape index (κ3) is 8.90. The van der Waals surface area contributed by atoms with Gasteiger partial charge < -0.3 is 25.1 Å². The van der Waals surface area contributed by atoms with Gasteiger partial charge in [-0.1, -0.05) is 48.0 Å². The Balaban J connectivity index is 0.000000336. The minimum absolute atomic E-state index is 0.0519. The van der Waals surface area contributed by atoms with E-state index in [9.17, 15) is 17.6 Å². The van der Waals surface area contributed by atoms with Crippen LogP contribution >= 0.6 is 0 Å². The maximum absolute atomic E-state index is 12.6. The van der Waals surface area contributed by atoms with Gasteiger partial charge in [0.05, 0.1) is 11.2 Å². The van der Waals surface area contributed by atoms with Crippen LogP contribution in [-0.4, -0.2) is 50.6 Å². The molecule has 0 aliphatic heterocycles. The van der Waals surface area contributed by atoms with E-state index in [1.807, 2.05) is 37.3 Å². The summed E-state index contributed by atoms with van der Waals surface area (Å²) in [7, 11) is -2.44. The maximum atomic E-state index is 12.6. The molecular weight excluding hydrogens is 539 g/mol. The number of aryl methyl sites for hydroxylation is 1. The molecule has 0 saturated heterocycles. The fraction of sp³-hybridized carbons (Fsp3) is 0.214. The van der Waals surface area contributed by atoms with Crippen molar-refractivity contribution in [2.75, 3.05) is 31.6 Å². The van der Waals surface area contributed by atoms with Crippen LogP contribution in [0.3, 0.4) is 0 Å². The number of anilines is 1. The first-order valence-electron chi connectivity index (χ1n) is 12.2. The van der Waals surface area contributed by atoms with Gasteiger partial charge in [-0.3, -0.25) is 9.35 Å². The second-order valence-electron chi connectivity index (χ2n) is 8.69. The zero-order chi connectivity index (χ0) is 29.1. The number of fused-ring (bicyclic) bond motifs is 1. The molecule has 212 valence electrons. The molecule has 0 aliphatic rings. The predicted octanol–water partition coefficient (Wildman–Crippen LogP) is 4.01. The highest BCUT2D eigenvalue weighted by atomic mass is 32.2. The molecule has 0 aliphatic carbocycles. The van der Waals surface area contributed by atoms with Crippen LogP contribution in [0.15, 0.2) is 94.0 Å². The lowest BCUT2D eigenvalue weighted by Gasteiger charge is -2.19. The Morgan fingerprint density at radius 1 is 1.15 bits per heavy atom. The number of amides is 1. The Kier molecular flexibility index (Phi) is 10.8. The van der Waals surface area contributed by atoms with Gasteiger partial charge in [-0.05, 0) is 36.8 Å². The van der Waals surface area contributed by atoms with Crippen molar-refractivity contribution in [1.82, 2.24) is 10.3 Å². The number of ether oxygens (including phenoxy) is 1. The smallest absolute Gasteiger partial charge is 0.299 e. The van der Waals surface area contributed by atoms with Crippen molar-refractivity contribution in [2.24, 2.45) is 5.73 Å². The minimum Gasteiger partial charge on any atom is -0.489 e. The zero-order valence-electron chi connectivity index (χ0n) is 22.1. The van der Waals surface area contributed by atoms with E-state index < -0.39 is 10.1 Å². The Morgan fingerprint density at radius 3 is 2.45 bits per heavy atom. The number of rotatable bonds is 10. The average molecular weight is 571 g/mol. The normalized spacial score (nSPS) is 11.5. The molecule has 10 nitrogen and oxygen atoms in total. The molecule has 0 unspecified atom stereocenters. The summed E-state index contributed by atoms with van der Waals surface area (Å²) in [4.78, 5) is 18.2. The summed E-state index contributed by atoms with van der Waals surface area (Å²) in [6, 6.07) is 21.2. The van der Waals surface area contributed by atoms with Gasteiger partial charge in [0.15, 0.2) is 5.58 Å². The molecule has 0 radical (unpaired) electrons. The number of nitrogens with one attached hydrogen (secondary N) is 1. The van der Waals surface area contributed by atoms with E-state index in [2.05, 4.69) is 10.3 Å². The van der Waals surface area contributed by atoms with Crippen molar-refractivity contribution in [1.29, 1.82) is 0 Å². The fourth-order valence-electron chi connectivity index (χ4n) is 3.39. The van der Waals surface area contributed by atoms with Gasteiger partial charge in [0.25, 0.3) is 16.1 Å². The zero-order valence-corrected chi connectivity index (χ0v) is 22.9. The van der Waals surface area contributed by atoms with Crippen LogP contribution in [-0.2, 0) is 21.5 Å². The number of carbonyl (C=O) groups excluding carboxylic acids is 1. The van der Waals surface area contributed by atoms with Crippen LogP contribution in [0.25, 0.3) is 11.1 Å². The summed E-state index contributed by atoms with van der Waals surface area (Å²) in [6.07, 6.45) is 0.450. The number of carbonyl (C=O) groups is 1. The molecule has 0 fully saturated rings. The van der Waals surface area contributed by atoms with Crippen LogP contribution in [0.2, 0.25) is 0 Å². The standard InChI is InChI=1S/C21H23FN4O3.C7H8O3S/c1-24-20(27)13-26(12-15-5-3-2-4-6-15)21-25-18-8-7-17(9-19(18)29-21)28-14-16(10-22)11-23;1-6-2-4-7(5-3-6)11(8,9)10/h2-10H,11-14,23H2,1H3,(H,24,27);2-5H,1H3,(H,8,9,10). The molecule has 1 amide bonds. The lowest BCUT2D eigenvalue weighted by Crippen LogP contribution is -2.35. The molecule has 0 atom stereocenters. The van der Waals surface area contributed by atoms with Crippen LogP contribution in [0.4, 0.5) is 10.4 Å². The largest absolute Gasteiger partial charge is 0.489 e. The molecule has 4 aromatic rings. The number of nitrogens with two attached hydrogens (primary N) is 1. The molecule has 0 saturated carbocycles. The molecule has 0 bridgehead atoms. The molecular formula is C28H31FN4O6S. The number of aromatic nitrogens is 1. The molecule has 40 heavy (non-hydrogen) atoms. The number of likely N-dealkylation sites (N-methyl/N-ethyl adjacent to an activating group) is 1. The summed E-state index contributed by atoms with van der Waals surface area (Å²) in [6.45, 7) is 2.54. The third-order valence-electron chi connectivity index (χ3n) is 5.61. The Morgan fingerprint density at radius 2 is 1.85 bits per heavy atom. The minimum atomic E-state index is -4.02. The fourth-order valence-corrected chi connectivity index (χ4v) is 3.87. The molecule has 4 N–H and O–H groups in total. The topological polar surface area (TPSA) is 148 Å². The van der Waals surface area contributed by atoms with Crippen molar-refractivity contribution in [2.45, 2.75) is 18.4 Å². The lowest BCUT2D eigenvalue weighted by atomic mass is 10.2. The monoisotopic (exact) mass is 570 g/mol. The number of oxazole rings is 1. The predicted molar refractivity (Wildman–Crippen MR) is 150 cm³/mol. The molecule has 12 heteroatoms. The van der Waals surface area contributed by atoms with E-state index in [1.54, 1.807) is 42.3 Å². The van der Waals surface area contributed by atoms with E-state index in [4.69, 9.17) is 19.4 Å². The molecule has 3 aromatic carbocycles. The molecule has 1 aromatic heterocycles. The summed E-state index contributed by atoms with van der Waals surface area (Å²) in [5.74, 6) is 0.355. The van der Waals surface area contributed by atoms with E-state index in [0.717, 1.165) is 11.1 Å². The Labute approximate surface area is 232 Å². The van der Waals surface area contributed by atoms with E-state index in [-0.39, 0.29) is 30.5 Å². The first-order valence-corrected chi connectivity index (χ1v) is 13.6. The number of benzene rings is 3. The van der Waals surface area contributed by atoms with Gasteiger partial charge in [-0.25, -0.2) is 4.39 Å². The number of halogens is 1.